The highest BCUT2D eigenvalue weighted by molar-refractivity contribution is 5.69. The smallest absolute Gasteiger partial charge is 0.307 e. The van der Waals surface area contributed by atoms with Gasteiger partial charge in [-0.15, -0.1) is 0 Å². The largest absolute Gasteiger partial charge is 0.481 e. The fourth-order valence-corrected chi connectivity index (χ4v) is 1.80. The Morgan fingerprint density at radius 2 is 1.53 bits per heavy atom. The lowest BCUT2D eigenvalue weighted by Gasteiger charge is -2.25. The van der Waals surface area contributed by atoms with Gasteiger partial charge in [0.2, 0.25) is 0 Å². The first kappa shape index (κ1) is 14.4. The molecule has 0 saturated carbocycles. The standard InChI is InChI=1S/C12H25NO2/c1-8(2)11(9(3)4)7-13-6-10(5)12(14)15/h8-11,13H,6-7H2,1-5H3,(H,14,15). The summed E-state index contributed by atoms with van der Waals surface area (Å²) in [4.78, 5) is 10.6. The van der Waals surface area contributed by atoms with Crippen molar-refractivity contribution in [2.45, 2.75) is 34.6 Å². The predicted molar refractivity (Wildman–Crippen MR) is 62.8 cm³/mol. The summed E-state index contributed by atoms with van der Waals surface area (Å²) in [5.41, 5.74) is 0. The second-order valence-corrected chi connectivity index (χ2v) is 5.05. The van der Waals surface area contributed by atoms with Crippen molar-refractivity contribution in [2.75, 3.05) is 13.1 Å². The Labute approximate surface area is 93.3 Å². The van der Waals surface area contributed by atoms with Crippen molar-refractivity contribution in [3.8, 4) is 0 Å². The number of carboxylic acid groups (broad SMARTS) is 1. The van der Waals surface area contributed by atoms with Crippen molar-refractivity contribution >= 4 is 5.97 Å². The zero-order valence-electron chi connectivity index (χ0n) is 10.6. The van der Waals surface area contributed by atoms with Crippen LogP contribution in [-0.4, -0.2) is 24.2 Å². The fourth-order valence-electron chi connectivity index (χ4n) is 1.80. The highest BCUT2D eigenvalue weighted by Crippen LogP contribution is 2.19. The van der Waals surface area contributed by atoms with E-state index in [-0.39, 0.29) is 5.92 Å². The van der Waals surface area contributed by atoms with Crippen LogP contribution in [0.15, 0.2) is 0 Å². The Bertz CT molecular complexity index is 182. The van der Waals surface area contributed by atoms with Crippen molar-refractivity contribution in [3.05, 3.63) is 0 Å². The van der Waals surface area contributed by atoms with E-state index >= 15 is 0 Å². The molecule has 0 amide bonds. The maximum Gasteiger partial charge on any atom is 0.307 e. The molecule has 0 aliphatic carbocycles. The Morgan fingerprint density at radius 3 is 1.87 bits per heavy atom. The molecule has 0 aromatic heterocycles. The van der Waals surface area contributed by atoms with Crippen LogP contribution in [-0.2, 0) is 4.79 Å². The molecule has 0 radical (unpaired) electrons. The number of carboxylic acids is 1. The van der Waals surface area contributed by atoms with E-state index in [4.69, 9.17) is 5.11 Å². The minimum absolute atomic E-state index is 0.301. The van der Waals surface area contributed by atoms with Gasteiger partial charge >= 0.3 is 5.97 Å². The SMILES string of the molecule is CC(CNCC(C(C)C)C(C)C)C(=O)O. The summed E-state index contributed by atoms with van der Waals surface area (Å²) < 4.78 is 0. The summed E-state index contributed by atoms with van der Waals surface area (Å²) in [5, 5.41) is 12.0. The first-order chi connectivity index (χ1) is 6.86. The topological polar surface area (TPSA) is 49.3 Å². The Balaban J connectivity index is 3.86. The van der Waals surface area contributed by atoms with E-state index in [2.05, 4.69) is 33.0 Å². The summed E-state index contributed by atoms with van der Waals surface area (Å²) in [6.07, 6.45) is 0. The summed E-state index contributed by atoms with van der Waals surface area (Å²) >= 11 is 0. The van der Waals surface area contributed by atoms with Crippen LogP contribution in [0.5, 0.6) is 0 Å². The summed E-state index contributed by atoms with van der Waals surface area (Å²) in [6, 6.07) is 0. The van der Waals surface area contributed by atoms with Gasteiger partial charge in [-0.05, 0) is 24.3 Å². The number of rotatable bonds is 7. The Hall–Kier alpha value is -0.570. The van der Waals surface area contributed by atoms with Gasteiger partial charge in [0.1, 0.15) is 0 Å². The molecule has 90 valence electrons. The van der Waals surface area contributed by atoms with Gasteiger partial charge in [-0.25, -0.2) is 0 Å². The van der Waals surface area contributed by atoms with Crippen LogP contribution in [0.3, 0.4) is 0 Å². The molecule has 0 spiro atoms. The molecule has 3 heteroatoms. The highest BCUT2D eigenvalue weighted by atomic mass is 16.4. The molecule has 0 rings (SSSR count). The second-order valence-electron chi connectivity index (χ2n) is 5.05. The molecule has 0 aliphatic heterocycles. The normalized spacial score (nSPS) is 13.9. The Kier molecular flexibility index (Phi) is 6.57. The third kappa shape index (κ3) is 5.78. The summed E-state index contributed by atoms with van der Waals surface area (Å²) in [7, 11) is 0. The van der Waals surface area contributed by atoms with E-state index in [1.807, 2.05) is 0 Å². The van der Waals surface area contributed by atoms with Gasteiger partial charge in [0.15, 0.2) is 0 Å². The quantitative estimate of drug-likeness (QED) is 0.684. The molecule has 2 N–H and O–H groups in total. The van der Waals surface area contributed by atoms with E-state index in [0.717, 1.165) is 6.54 Å². The van der Waals surface area contributed by atoms with Crippen molar-refractivity contribution < 1.29 is 9.90 Å². The van der Waals surface area contributed by atoms with Crippen molar-refractivity contribution in [2.24, 2.45) is 23.7 Å². The van der Waals surface area contributed by atoms with Crippen molar-refractivity contribution in [1.82, 2.24) is 5.32 Å². The van der Waals surface area contributed by atoms with Gasteiger partial charge < -0.3 is 10.4 Å². The molecular weight excluding hydrogens is 190 g/mol. The van der Waals surface area contributed by atoms with Crippen LogP contribution >= 0.6 is 0 Å². The van der Waals surface area contributed by atoms with E-state index in [9.17, 15) is 4.79 Å². The molecule has 1 atom stereocenters. The summed E-state index contributed by atoms with van der Waals surface area (Å²) in [6.45, 7) is 12.1. The van der Waals surface area contributed by atoms with Crippen LogP contribution in [0.2, 0.25) is 0 Å². The lowest BCUT2D eigenvalue weighted by molar-refractivity contribution is -0.140. The molecule has 0 bridgehead atoms. The van der Waals surface area contributed by atoms with Gasteiger partial charge in [0.05, 0.1) is 5.92 Å². The van der Waals surface area contributed by atoms with Gasteiger partial charge in [0, 0.05) is 6.54 Å². The molecule has 0 aliphatic rings. The zero-order chi connectivity index (χ0) is 12.0. The maximum atomic E-state index is 10.6. The zero-order valence-corrected chi connectivity index (χ0v) is 10.6. The van der Waals surface area contributed by atoms with Crippen LogP contribution in [0.1, 0.15) is 34.6 Å². The predicted octanol–water partition coefficient (Wildman–Crippen LogP) is 2.22. The average Bonchev–Trinajstić information content (AvgIpc) is 2.10. The van der Waals surface area contributed by atoms with Gasteiger partial charge in [-0.1, -0.05) is 34.6 Å². The van der Waals surface area contributed by atoms with E-state index < -0.39 is 5.97 Å². The molecule has 3 nitrogen and oxygen atoms in total. The first-order valence-electron chi connectivity index (χ1n) is 5.79. The van der Waals surface area contributed by atoms with E-state index in [1.54, 1.807) is 6.92 Å². The van der Waals surface area contributed by atoms with Crippen LogP contribution < -0.4 is 5.32 Å². The lowest BCUT2D eigenvalue weighted by Crippen LogP contribution is -2.34. The molecule has 0 aromatic rings. The number of hydrogen-bond donors (Lipinski definition) is 2. The number of aliphatic carboxylic acids is 1. The number of nitrogens with one attached hydrogen (secondary N) is 1. The summed E-state index contributed by atoms with van der Waals surface area (Å²) in [5.74, 6) is 0.861. The molecular formula is C12H25NO2. The average molecular weight is 215 g/mol. The van der Waals surface area contributed by atoms with Crippen LogP contribution in [0.25, 0.3) is 0 Å². The van der Waals surface area contributed by atoms with Gasteiger partial charge in [-0.2, -0.15) is 0 Å². The third-order valence-electron chi connectivity index (χ3n) is 2.96. The molecule has 0 heterocycles. The molecule has 0 aromatic carbocycles. The molecule has 0 saturated heterocycles. The molecule has 1 unspecified atom stereocenters. The van der Waals surface area contributed by atoms with Crippen molar-refractivity contribution in [1.29, 1.82) is 0 Å². The molecule has 15 heavy (non-hydrogen) atoms. The van der Waals surface area contributed by atoms with Gasteiger partial charge in [-0.3, -0.25) is 4.79 Å². The van der Waals surface area contributed by atoms with Crippen LogP contribution in [0, 0.1) is 23.7 Å². The number of carbonyl (C=O) groups is 1. The number of hydrogen-bond acceptors (Lipinski definition) is 2. The molecule has 0 fully saturated rings. The Morgan fingerprint density at radius 1 is 1.07 bits per heavy atom. The van der Waals surface area contributed by atoms with Gasteiger partial charge in [0.25, 0.3) is 0 Å². The van der Waals surface area contributed by atoms with E-state index in [1.165, 1.54) is 0 Å². The van der Waals surface area contributed by atoms with Crippen molar-refractivity contribution in [3.63, 3.8) is 0 Å². The first-order valence-corrected chi connectivity index (χ1v) is 5.79. The fraction of sp³-hybridized carbons (Fsp3) is 0.917. The highest BCUT2D eigenvalue weighted by Gasteiger charge is 2.18. The monoisotopic (exact) mass is 215 g/mol. The minimum atomic E-state index is -0.729. The lowest BCUT2D eigenvalue weighted by atomic mass is 9.85. The minimum Gasteiger partial charge on any atom is -0.481 e. The van der Waals surface area contributed by atoms with E-state index in [0.29, 0.717) is 24.3 Å². The van der Waals surface area contributed by atoms with Crippen LogP contribution in [0.4, 0.5) is 0 Å². The third-order valence-corrected chi connectivity index (χ3v) is 2.96. The second kappa shape index (κ2) is 6.83. The maximum absolute atomic E-state index is 10.6.